The molecule has 1 aliphatic carbocycles. The number of halogens is 5. The van der Waals surface area contributed by atoms with E-state index in [1.54, 1.807) is 13.2 Å². The number of nitrogens with one attached hydrogen (secondary N) is 1. The summed E-state index contributed by atoms with van der Waals surface area (Å²) in [5.41, 5.74) is -1.28. The summed E-state index contributed by atoms with van der Waals surface area (Å²) in [5, 5.41) is 2.55. The van der Waals surface area contributed by atoms with Gasteiger partial charge in [0.05, 0.1) is 16.8 Å². The molecule has 202 valence electrons. The van der Waals surface area contributed by atoms with Gasteiger partial charge >= 0.3 is 75.1 Å². The molecule has 3 rings (SSSR count). The van der Waals surface area contributed by atoms with Crippen LogP contribution in [0, 0.1) is 20.5 Å². The second-order valence-electron chi connectivity index (χ2n) is 8.13. The number of carbonyl (C=O) groups excluding carboxylic acids is 1. The van der Waals surface area contributed by atoms with Gasteiger partial charge in [0, 0.05) is 31.8 Å². The smallest absolute Gasteiger partial charge is 0.394 e. The molecular weight excluding hydrogens is 632 g/mol. The van der Waals surface area contributed by atoms with Crippen LogP contribution in [0.2, 0.25) is 0 Å². The maximum absolute atomic E-state index is 14.0. The second-order valence-corrected chi connectivity index (χ2v) is 8.13. The average Bonchev–Trinajstić information content (AvgIpc) is 3.65. The van der Waals surface area contributed by atoms with E-state index in [-0.39, 0.29) is 124 Å². The average molecular weight is 666 g/mol. The Morgan fingerprint density at radius 1 is 1.22 bits per heavy atom. The van der Waals surface area contributed by atoms with E-state index < -0.39 is 30.0 Å². The summed E-state index contributed by atoms with van der Waals surface area (Å²) < 4.78 is 70.0. The molecule has 2 aromatic rings. The van der Waals surface area contributed by atoms with Gasteiger partial charge in [0.2, 0.25) is 11.8 Å². The van der Waals surface area contributed by atoms with Crippen LogP contribution < -0.4 is 79.1 Å². The standard InChI is InChI=1S/C23H26F5N4O.CH4S.CH3.Cs/c1-4-22(24,25)10-13-32(5-2)20-17(21(33)30-16-8-11-29-12-9-16)14(3)18(23(26,27)28)19(31-20)15-6-7-15;1-2;;/h8-9,11,15H,4-7,10,13H2,1-3H3,(H,29,30,33);2H,1H3;1H3;/q-1;;-1;+1. The molecule has 0 aliphatic heterocycles. The number of rotatable bonds is 9. The number of pyridine rings is 2. The van der Waals surface area contributed by atoms with E-state index in [0.717, 1.165) is 0 Å². The van der Waals surface area contributed by atoms with Crippen LogP contribution in [-0.2, 0) is 6.18 Å². The third-order valence-electron chi connectivity index (χ3n) is 5.76. The predicted octanol–water partition coefficient (Wildman–Crippen LogP) is 4.00. The van der Waals surface area contributed by atoms with Gasteiger partial charge in [-0.25, -0.2) is 13.8 Å². The first kappa shape index (κ1) is 36.6. The van der Waals surface area contributed by atoms with Gasteiger partial charge in [-0.15, -0.1) is 12.1 Å². The molecule has 0 saturated heterocycles. The summed E-state index contributed by atoms with van der Waals surface area (Å²) >= 11 is 3.53. The largest absolute Gasteiger partial charge is 1.00 e. The molecule has 5 nitrogen and oxygen atoms in total. The molecule has 0 unspecified atom stereocenters. The number of anilines is 2. The number of amides is 1. The van der Waals surface area contributed by atoms with Crippen molar-refractivity contribution in [2.45, 2.75) is 64.5 Å². The van der Waals surface area contributed by atoms with E-state index in [2.05, 4.69) is 34.1 Å². The summed E-state index contributed by atoms with van der Waals surface area (Å²) in [6.07, 6.45) is 1.17. The molecule has 2 aromatic heterocycles. The van der Waals surface area contributed by atoms with Crippen LogP contribution in [0.4, 0.5) is 33.5 Å². The van der Waals surface area contributed by atoms with Crippen LogP contribution >= 0.6 is 12.6 Å². The Kier molecular flexibility index (Phi) is 15.9. The van der Waals surface area contributed by atoms with E-state index in [0.29, 0.717) is 18.5 Å². The maximum Gasteiger partial charge on any atom is 1.00 e. The fourth-order valence-corrected chi connectivity index (χ4v) is 3.70. The maximum atomic E-state index is 14.0. The van der Waals surface area contributed by atoms with Crippen LogP contribution in [0.15, 0.2) is 18.3 Å². The first-order valence-electron chi connectivity index (χ1n) is 11.3. The first-order valence-corrected chi connectivity index (χ1v) is 12.2. The third-order valence-corrected chi connectivity index (χ3v) is 5.76. The monoisotopic (exact) mass is 665 g/mol. The number of thiol groups is 1. The Bertz CT molecular complexity index is 1000. The van der Waals surface area contributed by atoms with E-state index in [1.165, 1.54) is 37.1 Å². The van der Waals surface area contributed by atoms with Gasteiger partial charge in [0.1, 0.15) is 5.82 Å². The number of hydrogen-bond acceptors (Lipinski definition) is 5. The quantitative estimate of drug-likeness (QED) is 0.242. The molecule has 0 aromatic carbocycles. The van der Waals surface area contributed by atoms with Crippen LogP contribution in [0.5, 0.6) is 0 Å². The van der Waals surface area contributed by atoms with Gasteiger partial charge < -0.3 is 22.6 Å². The van der Waals surface area contributed by atoms with Crippen molar-refractivity contribution in [1.82, 2.24) is 9.97 Å². The van der Waals surface area contributed by atoms with Crippen molar-refractivity contribution in [1.29, 1.82) is 0 Å². The molecule has 37 heavy (non-hydrogen) atoms. The molecule has 1 aliphatic rings. The van der Waals surface area contributed by atoms with Crippen LogP contribution in [0.3, 0.4) is 0 Å². The molecule has 1 saturated carbocycles. The Morgan fingerprint density at radius 2 is 1.84 bits per heavy atom. The summed E-state index contributed by atoms with van der Waals surface area (Å²) in [5.74, 6) is -4.10. The minimum atomic E-state index is -4.71. The van der Waals surface area contributed by atoms with Gasteiger partial charge in [-0.2, -0.15) is 25.8 Å². The number of carbonyl (C=O) groups is 1. The molecule has 1 amide bonds. The van der Waals surface area contributed by atoms with Gasteiger partial charge in [-0.1, -0.05) is 25.0 Å². The van der Waals surface area contributed by atoms with E-state index in [9.17, 15) is 26.7 Å². The summed E-state index contributed by atoms with van der Waals surface area (Å²) in [6.45, 7) is 4.34. The van der Waals surface area contributed by atoms with Crippen molar-refractivity contribution < 1.29 is 95.6 Å². The Morgan fingerprint density at radius 3 is 2.30 bits per heavy atom. The topological polar surface area (TPSA) is 58.1 Å². The molecule has 1 N–H and O–H groups in total. The molecule has 0 atom stereocenters. The van der Waals surface area contributed by atoms with Gasteiger partial charge in [0.25, 0.3) is 0 Å². The fraction of sp³-hybridized carbons (Fsp3) is 0.520. The van der Waals surface area contributed by atoms with Crippen molar-refractivity contribution in [2.75, 3.05) is 29.6 Å². The zero-order chi connectivity index (χ0) is 26.4. The Hall–Kier alpha value is -0.378. The summed E-state index contributed by atoms with van der Waals surface area (Å²) in [4.78, 5) is 22.7. The van der Waals surface area contributed by atoms with Crippen molar-refractivity contribution in [3.8, 4) is 0 Å². The zero-order valence-corrected chi connectivity index (χ0v) is 29.3. The predicted molar refractivity (Wildman–Crippen MR) is 136 cm³/mol. The minimum Gasteiger partial charge on any atom is -0.394 e. The number of nitrogens with zero attached hydrogens (tertiary/aromatic N) is 3. The van der Waals surface area contributed by atoms with Crippen LogP contribution in [0.1, 0.15) is 72.6 Å². The van der Waals surface area contributed by atoms with Crippen molar-refractivity contribution >= 4 is 30.0 Å². The fourth-order valence-electron chi connectivity index (χ4n) is 3.70. The van der Waals surface area contributed by atoms with E-state index in [4.69, 9.17) is 0 Å². The normalized spacial score (nSPS) is 12.9. The van der Waals surface area contributed by atoms with Gasteiger partial charge in [-0.3, -0.25) is 4.79 Å². The second kappa shape index (κ2) is 16.0. The molecule has 0 spiro atoms. The molecule has 0 bridgehead atoms. The minimum absolute atomic E-state index is 0. The number of aromatic nitrogens is 2. The summed E-state index contributed by atoms with van der Waals surface area (Å²) in [7, 11) is 0. The molecule has 12 heteroatoms. The Labute approximate surface area is 280 Å². The molecule has 0 radical (unpaired) electrons. The van der Waals surface area contributed by atoms with Crippen molar-refractivity contribution in [2.24, 2.45) is 0 Å². The van der Waals surface area contributed by atoms with Crippen LogP contribution in [-0.4, -0.2) is 41.1 Å². The number of alkyl halides is 5. The zero-order valence-electron chi connectivity index (χ0n) is 22.1. The molecule has 1 fully saturated rings. The molecular formula is C25H33CsF5N4OS-. The number of hydrogen-bond donors (Lipinski definition) is 2. The van der Waals surface area contributed by atoms with E-state index >= 15 is 0 Å². The van der Waals surface area contributed by atoms with E-state index in [1.807, 2.05) is 0 Å². The van der Waals surface area contributed by atoms with Crippen LogP contribution in [0.25, 0.3) is 0 Å². The Balaban J connectivity index is 0.00000316. The van der Waals surface area contributed by atoms with Crippen molar-refractivity contribution in [3.63, 3.8) is 0 Å². The van der Waals surface area contributed by atoms with Gasteiger partial charge in [0.15, 0.2) is 0 Å². The third kappa shape index (κ3) is 9.95. The first-order chi connectivity index (χ1) is 16.5. The molecule has 2 heterocycles. The SMILES string of the molecule is CCN(CCC(F)(F)CC)c1nc(C2CC2)c(C(F)(F)F)c(C)c1C(=O)Nc1c[c-]ncc1.CS.[CH3-].[Cs+]. The van der Waals surface area contributed by atoms with Crippen molar-refractivity contribution in [3.05, 3.63) is 54.3 Å². The summed E-state index contributed by atoms with van der Waals surface area (Å²) in [6, 6.07) is 2.85. The van der Waals surface area contributed by atoms with Gasteiger partial charge in [-0.05, 0) is 38.5 Å².